The van der Waals surface area contributed by atoms with E-state index >= 15 is 0 Å². The Hall–Kier alpha value is -1.26. The number of ether oxygens (including phenoxy) is 1. The van der Waals surface area contributed by atoms with Crippen molar-refractivity contribution in [3.05, 3.63) is 23.8 Å². The number of aromatic hydroxyl groups is 2. The van der Waals surface area contributed by atoms with Crippen LogP contribution in [0.15, 0.2) is 18.2 Å². The molecule has 0 aliphatic carbocycles. The van der Waals surface area contributed by atoms with Gasteiger partial charge in [-0.15, -0.1) is 0 Å². The maximum absolute atomic E-state index is 9.39. The number of nitrogens with one attached hydrogen (secondary N) is 1. The summed E-state index contributed by atoms with van der Waals surface area (Å²) in [5.41, 5.74) is 0.853. The molecule has 1 aromatic carbocycles. The Kier molecular flexibility index (Phi) is 5.25. The summed E-state index contributed by atoms with van der Waals surface area (Å²) in [5.74, 6) is 0.151. The predicted molar refractivity (Wildman–Crippen MR) is 67.3 cm³/mol. The zero-order chi connectivity index (χ0) is 12.8. The highest BCUT2D eigenvalue weighted by atomic mass is 16.5. The minimum Gasteiger partial charge on any atom is -0.508 e. The maximum Gasteiger partial charge on any atom is 0.119 e. The zero-order valence-electron chi connectivity index (χ0n) is 10.6. The molecule has 0 aliphatic rings. The Balaban J connectivity index is 2.54. The molecule has 0 aliphatic heterocycles. The summed E-state index contributed by atoms with van der Waals surface area (Å²) < 4.78 is 5.41. The van der Waals surface area contributed by atoms with Gasteiger partial charge in [0.05, 0.1) is 6.10 Å². The van der Waals surface area contributed by atoms with E-state index in [1.807, 2.05) is 20.8 Å². The quantitative estimate of drug-likeness (QED) is 0.712. The number of phenols is 2. The van der Waals surface area contributed by atoms with Crippen molar-refractivity contribution in [1.29, 1.82) is 0 Å². The third kappa shape index (κ3) is 4.63. The molecule has 0 radical (unpaired) electrons. The molecule has 0 heterocycles. The highest BCUT2D eigenvalue weighted by molar-refractivity contribution is 5.37. The van der Waals surface area contributed by atoms with Gasteiger partial charge in [0.1, 0.15) is 11.5 Å². The largest absolute Gasteiger partial charge is 0.508 e. The second-order valence-corrected chi connectivity index (χ2v) is 4.18. The van der Waals surface area contributed by atoms with E-state index in [1.165, 1.54) is 6.07 Å². The molecule has 4 heteroatoms. The van der Waals surface area contributed by atoms with Gasteiger partial charge in [0.25, 0.3) is 0 Å². The van der Waals surface area contributed by atoms with Crippen LogP contribution < -0.4 is 5.32 Å². The van der Waals surface area contributed by atoms with Gasteiger partial charge in [0.2, 0.25) is 0 Å². The molecular formula is C13H21NO3. The van der Waals surface area contributed by atoms with E-state index in [1.54, 1.807) is 12.1 Å². The first kappa shape index (κ1) is 13.8. The molecule has 1 aromatic rings. The van der Waals surface area contributed by atoms with Crippen molar-refractivity contribution in [3.63, 3.8) is 0 Å². The normalized spacial score (nSPS) is 14.5. The van der Waals surface area contributed by atoms with Crippen molar-refractivity contribution in [3.8, 4) is 11.5 Å². The van der Waals surface area contributed by atoms with Gasteiger partial charge in [-0.05, 0) is 38.5 Å². The van der Waals surface area contributed by atoms with Gasteiger partial charge in [-0.2, -0.15) is 0 Å². The molecular weight excluding hydrogens is 218 g/mol. The minimum absolute atomic E-state index is 0.0518. The lowest BCUT2D eigenvalue weighted by Gasteiger charge is -2.18. The highest BCUT2D eigenvalue weighted by Gasteiger charge is 2.09. The summed E-state index contributed by atoms with van der Waals surface area (Å²) in [6.45, 7) is 7.37. The Bertz CT molecular complexity index is 334. The highest BCUT2D eigenvalue weighted by Crippen LogP contribution is 2.24. The number of hydrogen-bond acceptors (Lipinski definition) is 4. The van der Waals surface area contributed by atoms with Crippen LogP contribution >= 0.6 is 0 Å². The number of phenolic OH excluding ortho intramolecular Hbond substituents is 2. The maximum atomic E-state index is 9.39. The average molecular weight is 239 g/mol. The Morgan fingerprint density at radius 3 is 2.29 bits per heavy atom. The summed E-state index contributed by atoms with van der Waals surface area (Å²) in [6.07, 6.45) is 0.147. The van der Waals surface area contributed by atoms with Gasteiger partial charge in [-0.1, -0.05) is 0 Å². The number of hydrogen-bond donors (Lipinski definition) is 3. The van der Waals surface area contributed by atoms with Crippen molar-refractivity contribution in [1.82, 2.24) is 5.32 Å². The van der Waals surface area contributed by atoms with Gasteiger partial charge < -0.3 is 20.3 Å². The topological polar surface area (TPSA) is 61.7 Å². The summed E-state index contributed by atoms with van der Waals surface area (Å²) in [5, 5.41) is 22.1. The Morgan fingerprint density at radius 1 is 1.18 bits per heavy atom. The van der Waals surface area contributed by atoms with Crippen molar-refractivity contribution in [2.45, 2.75) is 32.9 Å². The van der Waals surface area contributed by atoms with Crippen molar-refractivity contribution >= 4 is 0 Å². The molecule has 2 atom stereocenters. The van der Waals surface area contributed by atoms with E-state index in [2.05, 4.69) is 5.32 Å². The second kappa shape index (κ2) is 6.47. The van der Waals surface area contributed by atoms with Crippen LogP contribution in [0.5, 0.6) is 11.5 Å². The second-order valence-electron chi connectivity index (χ2n) is 4.18. The lowest BCUT2D eigenvalue weighted by Crippen LogP contribution is -2.29. The van der Waals surface area contributed by atoms with Crippen LogP contribution in [0.3, 0.4) is 0 Å². The smallest absolute Gasteiger partial charge is 0.119 e. The molecule has 0 saturated carbocycles. The van der Waals surface area contributed by atoms with Crippen LogP contribution in [0.2, 0.25) is 0 Å². The molecule has 2 unspecified atom stereocenters. The van der Waals surface area contributed by atoms with E-state index in [0.717, 1.165) is 12.1 Å². The van der Waals surface area contributed by atoms with E-state index in [4.69, 9.17) is 4.74 Å². The van der Waals surface area contributed by atoms with E-state index in [0.29, 0.717) is 6.61 Å². The van der Waals surface area contributed by atoms with Gasteiger partial charge >= 0.3 is 0 Å². The lowest BCUT2D eigenvalue weighted by atomic mass is 10.1. The van der Waals surface area contributed by atoms with Crippen LogP contribution in [0, 0.1) is 0 Å². The first-order valence-electron chi connectivity index (χ1n) is 5.90. The van der Waals surface area contributed by atoms with Crippen LogP contribution in [-0.2, 0) is 4.74 Å². The molecule has 0 bridgehead atoms. The molecule has 0 aromatic heterocycles. The van der Waals surface area contributed by atoms with E-state index < -0.39 is 0 Å². The molecule has 96 valence electrons. The zero-order valence-corrected chi connectivity index (χ0v) is 10.6. The first-order chi connectivity index (χ1) is 8.02. The summed E-state index contributed by atoms with van der Waals surface area (Å²) >= 11 is 0. The minimum atomic E-state index is 0.0518. The molecule has 1 rings (SSSR count). The number of rotatable bonds is 6. The fourth-order valence-corrected chi connectivity index (χ4v) is 1.67. The third-order valence-corrected chi connectivity index (χ3v) is 2.59. The summed E-state index contributed by atoms with van der Waals surface area (Å²) in [4.78, 5) is 0. The van der Waals surface area contributed by atoms with Gasteiger partial charge in [0, 0.05) is 25.3 Å². The molecule has 0 spiro atoms. The Morgan fingerprint density at radius 2 is 1.76 bits per heavy atom. The van der Waals surface area contributed by atoms with Crippen LogP contribution in [0.4, 0.5) is 0 Å². The third-order valence-electron chi connectivity index (χ3n) is 2.59. The van der Waals surface area contributed by atoms with E-state index in [-0.39, 0.29) is 23.6 Å². The van der Waals surface area contributed by atoms with Crippen molar-refractivity contribution in [2.24, 2.45) is 0 Å². The van der Waals surface area contributed by atoms with Crippen molar-refractivity contribution < 1.29 is 14.9 Å². The Labute approximate surface area is 102 Å². The summed E-state index contributed by atoms with van der Waals surface area (Å²) in [6, 6.07) is 4.65. The molecule has 4 nitrogen and oxygen atoms in total. The SMILES string of the molecule is CCOC(C)CNC(C)c1cc(O)cc(O)c1. The lowest BCUT2D eigenvalue weighted by molar-refractivity contribution is 0.0743. The van der Waals surface area contributed by atoms with Crippen LogP contribution in [0.1, 0.15) is 32.4 Å². The van der Waals surface area contributed by atoms with E-state index in [9.17, 15) is 10.2 Å². The molecule has 0 fully saturated rings. The average Bonchev–Trinajstić information content (AvgIpc) is 2.25. The van der Waals surface area contributed by atoms with Crippen molar-refractivity contribution in [2.75, 3.05) is 13.2 Å². The van der Waals surface area contributed by atoms with Crippen LogP contribution in [-0.4, -0.2) is 29.5 Å². The fraction of sp³-hybridized carbons (Fsp3) is 0.538. The van der Waals surface area contributed by atoms with Gasteiger partial charge in [-0.25, -0.2) is 0 Å². The molecule has 0 amide bonds. The van der Waals surface area contributed by atoms with Gasteiger partial charge in [-0.3, -0.25) is 0 Å². The predicted octanol–water partition coefficient (Wildman–Crippen LogP) is 2.17. The standard InChI is InChI=1S/C13H21NO3/c1-4-17-9(2)8-14-10(3)11-5-12(15)7-13(16)6-11/h5-7,9-10,14-16H,4,8H2,1-3H3. The fourth-order valence-electron chi connectivity index (χ4n) is 1.67. The number of benzene rings is 1. The first-order valence-corrected chi connectivity index (χ1v) is 5.90. The molecule has 3 N–H and O–H groups in total. The molecule has 17 heavy (non-hydrogen) atoms. The van der Waals surface area contributed by atoms with Crippen LogP contribution in [0.25, 0.3) is 0 Å². The monoisotopic (exact) mass is 239 g/mol. The van der Waals surface area contributed by atoms with Gasteiger partial charge in [0.15, 0.2) is 0 Å². The summed E-state index contributed by atoms with van der Waals surface area (Å²) in [7, 11) is 0. The molecule has 0 saturated heterocycles.